The van der Waals surface area contributed by atoms with Gasteiger partial charge < -0.3 is 10.0 Å². The summed E-state index contributed by atoms with van der Waals surface area (Å²) >= 11 is 0. The van der Waals surface area contributed by atoms with E-state index in [1.165, 1.54) is 31.1 Å². The molecule has 0 heterocycles. The Morgan fingerprint density at radius 3 is 2.55 bits per heavy atom. The van der Waals surface area contributed by atoms with Crippen molar-refractivity contribution >= 4 is 5.91 Å². The second-order valence-corrected chi connectivity index (χ2v) is 8.30. The van der Waals surface area contributed by atoms with Crippen LogP contribution in [0.25, 0.3) is 0 Å². The number of aliphatic hydroxyl groups is 1. The van der Waals surface area contributed by atoms with Crippen LogP contribution in [0, 0.1) is 17.1 Å². The number of alkyl halides is 3. The molecule has 3 atom stereocenters. The maximum atomic E-state index is 14.6. The molecule has 0 aromatic heterocycles. The Morgan fingerprint density at radius 1 is 1.19 bits per heavy atom. The number of benzene rings is 2. The smallest absolute Gasteiger partial charge is 0.281 e. The number of halogens is 4. The van der Waals surface area contributed by atoms with Crippen LogP contribution in [0.3, 0.4) is 0 Å². The van der Waals surface area contributed by atoms with E-state index in [-0.39, 0.29) is 46.2 Å². The van der Waals surface area contributed by atoms with Gasteiger partial charge in [-0.2, -0.15) is 5.26 Å². The summed E-state index contributed by atoms with van der Waals surface area (Å²) in [4.78, 5) is 13.8. The van der Waals surface area contributed by atoms with Gasteiger partial charge in [-0.05, 0) is 53.3 Å². The van der Waals surface area contributed by atoms with E-state index in [0.717, 1.165) is 12.1 Å². The van der Waals surface area contributed by atoms with Crippen LogP contribution in [0.2, 0.25) is 0 Å². The third-order valence-electron chi connectivity index (χ3n) is 6.18. The fourth-order valence-corrected chi connectivity index (χ4v) is 4.79. The van der Waals surface area contributed by atoms with Crippen LogP contribution in [-0.2, 0) is 6.42 Å². The van der Waals surface area contributed by atoms with Crippen molar-refractivity contribution < 1.29 is 27.5 Å². The maximum Gasteiger partial charge on any atom is 0.281 e. The summed E-state index contributed by atoms with van der Waals surface area (Å²) in [5, 5.41) is 19.9. The van der Waals surface area contributed by atoms with Gasteiger partial charge in [-0.25, -0.2) is 17.6 Å². The van der Waals surface area contributed by atoms with Crippen molar-refractivity contribution in [3.63, 3.8) is 0 Å². The lowest BCUT2D eigenvalue weighted by molar-refractivity contribution is -0.0969. The number of rotatable bonds is 2. The quantitative estimate of drug-likeness (QED) is 0.708. The summed E-state index contributed by atoms with van der Waals surface area (Å²) < 4.78 is 57.6. The number of nitrogens with zero attached hydrogens (tertiary/aromatic N) is 2. The number of nitriles is 1. The molecule has 1 amide bonds. The van der Waals surface area contributed by atoms with E-state index in [4.69, 9.17) is 0 Å². The van der Waals surface area contributed by atoms with Gasteiger partial charge in [0, 0.05) is 37.6 Å². The molecule has 1 N–H and O–H groups in total. The zero-order valence-corrected chi connectivity index (χ0v) is 16.9. The molecule has 0 aliphatic heterocycles. The van der Waals surface area contributed by atoms with Gasteiger partial charge >= 0.3 is 0 Å². The average molecular weight is 432 g/mol. The van der Waals surface area contributed by atoms with E-state index < -0.39 is 42.3 Å². The minimum Gasteiger partial charge on any atom is -0.382 e. The van der Waals surface area contributed by atoms with Gasteiger partial charge in [-0.3, -0.25) is 4.79 Å². The number of carbonyl (C=O) groups is 1. The number of hydrogen-bond donors (Lipinski definition) is 1. The van der Waals surface area contributed by atoms with Crippen LogP contribution in [0.5, 0.6) is 0 Å². The van der Waals surface area contributed by atoms with Crippen LogP contribution in [0.1, 0.15) is 74.8 Å². The van der Waals surface area contributed by atoms with E-state index in [9.17, 15) is 32.7 Å². The summed E-state index contributed by atoms with van der Waals surface area (Å²) in [5.41, 5.74) is 0.652. The summed E-state index contributed by atoms with van der Waals surface area (Å²) in [6.07, 6.45) is -4.13. The monoisotopic (exact) mass is 432 g/mol. The van der Waals surface area contributed by atoms with E-state index in [1.54, 1.807) is 0 Å². The molecule has 162 valence electrons. The minimum absolute atomic E-state index is 0.0209. The summed E-state index contributed by atoms with van der Waals surface area (Å²) in [6, 6.07) is 6.86. The predicted octanol–water partition coefficient (Wildman–Crippen LogP) is 4.56. The standard InChI is InChI=1S/C23H20F4N2O2/c1-29(2)22(31)15-4-3-13(17-9-23(26,27)21(30)20(15)17)14-5-6-18(25)16-8-12(24)7-11(10-28)19(14)16/h3-4,7-8,14,18,21,30H,5-6,9H2,1-2H3/t14-,18+,21+/m1/s1. The van der Waals surface area contributed by atoms with Crippen LogP contribution >= 0.6 is 0 Å². The minimum atomic E-state index is -3.47. The van der Waals surface area contributed by atoms with Crippen molar-refractivity contribution in [2.24, 2.45) is 0 Å². The molecule has 4 nitrogen and oxygen atoms in total. The lowest BCUT2D eigenvalue weighted by Crippen LogP contribution is -2.26. The Labute approximate surface area is 176 Å². The summed E-state index contributed by atoms with van der Waals surface area (Å²) in [5.74, 6) is -5.36. The highest BCUT2D eigenvalue weighted by molar-refractivity contribution is 5.96. The Kier molecular flexibility index (Phi) is 5.05. The van der Waals surface area contributed by atoms with Crippen molar-refractivity contribution in [1.82, 2.24) is 4.90 Å². The van der Waals surface area contributed by atoms with Crippen molar-refractivity contribution in [2.45, 2.75) is 43.4 Å². The largest absolute Gasteiger partial charge is 0.382 e. The molecule has 2 aromatic carbocycles. The maximum absolute atomic E-state index is 14.6. The first-order chi connectivity index (χ1) is 14.6. The van der Waals surface area contributed by atoms with E-state index in [0.29, 0.717) is 5.56 Å². The Balaban J connectivity index is 1.96. The number of hydrogen-bond acceptors (Lipinski definition) is 3. The molecule has 0 spiro atoms. The first-order valence-electron chi connectivity index (χ1n) is 9.87. The fraction of sp³-hybridized carbons (Fsp3) is 0.391. The Bertz CT molecular complexity index is 1120. The highest BCUT2D eigenvalue weighted by Crippen LogP contribution is 2.51. The topological polar surface area (TPSA) is 64.3 Å². The zero-order valence-electron chi connectivity index (χ0n) is 16.9. The first-order valence-corrected chi connectivity index (χ1v) is 9.87. The highest BCUT2D eigenvalue weighted by atomic mass is 19.3. The molecule has 0 bridgehead atoms. The van der Waals surface area contributed by atoms with Gasteiger partial charge in [0.05, 0.1) is 11.6 Å². The highest BCUT2D eigenvalue weighted by Gasteiger charge is 2.50. The van der Waals surface area contributed by atoms with Crippen molar-refractivity contribution in [3.8, 4) is 6.07 Å². The van der Waals surface area contributed by atoms with Gasteiger partial charge in [0.15, 0.2) is 0 Å². The van der Waals surface area contributed by atoms with Gasteiger partial charge in [0.2, 0.25) is 0 Å². The number of aliphatic hydroxyl groups excluding tert-OH is 1. The normalized spacial score (nSPS) is 23.6. The molecule has 4 rings (SSSR count). The molecular weight excluding hydrogens is 412 g/mol. The second kappa shape index (κ2) is 7.34. The molecule has 0 unspecified atom stereocenters. The molecule has 2 aliphatic carbocycles. The zero-order chi connectivity index (χ0) is 22.7. The molecule has 0 radical (unpaired) electrons. The molecule has 0 fully saturated rings. The predicted molar refractivity (Wildman–Crippen MR) is 104 cm³/mol. The molecule has 0 saturated heterocycles. The van der Waals surface area contributed by atoms with Crippen molar-refractivity contribution in [3.05, 3.63) is 69.0 Å². The number of fused-ring (bicyclic) bond motifs is 2. The summed E-state index contributed by atoms with van der Waals surface area (Å²) in [7, 11) is 2.96. The van der Waals surface area contributed by atoms with Crippen LogP contribution in [0.15, 0.2) is 24.3 Å². The van der Waals surface area contributed by atoms with E-state index >= 15 is 0 Å². The lowest BCUT2D eigenvalue weighted by atomic mass is 9.74. The van der Waals surface area contributed by atoms with Crippen LogP contribution in [-0.4, -0.2) is 35.9 Å². The van der Waals surface area contributed by atoms with E-state index in [1.807, 2.05) is 6.07 Å². The van der Waals surface area contributed by atoms with E-state index in [2.05, 4.69) is 0 Å². The van der Waals surface area contributed by atoms with Gasteiger partial charge in [-0.1, -0.05) is 6.07 Å². The van der Waals surface area contributed by atoms with Crippen LogP contribution in [0.4, 0.5) is 17.6 Å². The third kappa shape index (κ3) is 3.28. The molecular formula is C23H20F4N2O2. The van der Waals surface area contributed by atoms with Crippen LogP contribution < -0.4 is 0 Å². The third-order valence-corrected chi connectivity index (χ3v) is 6.18. The number of amides is 1. The lowest BCUT2D eigenvalue weighted by Gasteiger charge is -2.31. The second-order valence-electron chi connectivity index (χ2n) is 8.30. The molecule has 31 heavy (non-hydrogen) atoms. The van der Waals surface area contributed by atoms with Gasteiger partial charge in [-0.15, -0.1) is 0 Å². The van der Waals surface area contributed by atoms with Crippen molar-refractivity contribution in [2.75, 3.05) is 14.1 Å². The fourth-order valence-electron chi connectivity index (χ4n) is 4.79. The molecule has 2 aromatic rings. The Hall–Kier alpha value is -2.92. The molecule has 8 heteroatoms. The number of carbonyl (C=O) groups excluding carboxylic acids is 1. The van der Waals surface area contributed by atoms with Gasteiger partial charge in [0.1, 0.15) is 18.1 Å². The SMILES string of the molecule is CN(C)C(=O)c1ccc([C@H]2CC[C@H](F)c3cc(F)cc(C#N)c32)c2c1[C@H](O)C(F)(F)C2. The first kappa shape index (κ1) is 21.3. The summed E-state index contributed by atoms with van der Waals surface area (Å²) in [6.45, 7) is 0. The van der Waals surface area contributed by atoms with Gasteiger partial charge in [0.25, 0.3) is 11.8 Å². The molecule has 0 saturated carbocycles. The average Bonchev–Trinajstić information content (AvgIpc) is 2.96. The Morgan fingerprint density at radius 2 is 1.90 bits per heavy atom. The van der Waals surface area contributed by atoms with Crippen molar-refractivity contribution in [1.29, 1.82) is 5.26 Å². The molecule has 2 aliphatic rings.